The van der Waals surface area contributed by atoms with Crippen molar-refractivity contribution >= 4 is 33.3 Å². The number of halogens is 2. The van der Waals surface area contributed by atoms with Gasteiger partial charge in [-0.2, -0.15) is 0 Å². The van der Waals surface area contributed by atoms with Crippen molar-refractivity contribution in [1.82, 2.24) is 0 Å². The number of carbonyl (C=O) groups is 1. The predicted molar refractivity (Wildman–Crippen MR) is 60.7 cm³/mol. The summed E-state index contributed by atoms with van der Waals surface area (Å²) in [5, 5.41) is 0.753. The van der Waals surface area contributed by atoms with Crippen LogP contribution in [-0.4, -0.2) is 5.78 Å². The third-order valence-corrected chi connectivity index (χ3v) is 3.72. The van der Waals surface area contributed by atoms with Crippen LogP contribution < -0.4 is 0 Å². The molecule has 1 aromatic rings. The molecule has 1 nitrogen and oxygen atoms in total. The average molecular weight is 274 g/mol. The number of ketones is 1. The third kappa shape index (κ3) is 1.61. The standard InChI is InChI=1S/C11H10BrClO/c1-6-9(5-11(6)14)8-3-2-7(12)4-10(8)13/h2-4,6,9H,5H2,1H3. The van der Waals surface area contributed by atoms with Crippen LogP contribution in [0.5, 0.6) is 0 Å². The highest BCUT2D eigenvalue weighted by Crippen LogP contribution is 2.42. The van der Waals surface area contributed by atoms with E-state index in [-0.39, 0.29) is 5.92 Å². The van der Waals surface area contributed by atoms with Gasteiger partial charge in [-0.1, -0.05) is 40.5 Å². The number of hydrogen-bond donors (Lipinski definition) is 0. The lowest BCUT2D eigenvalue weighted by atomic mass is 9.70. The van der Waals surface area contributed by atoms with Gasteiger partial charge in [-0.05, 0) is 17.7 Å². The Hall–Kier alpha value is -0.340. The number of hydrogen-bond acceptors (Lipinski definition) is 1. The molecule has 0 spiro atoms. The zero-order chi connectivity index (χ0) is 10.3. The van der Waals surface area contributed by atoms with Gasteiger partial charge in [-0.15, -0.1) is 0 Å². The lowest BCUT2D eigenvalue weighted by Gasteiger charge is -2.33. The summed E-state index contributed by atoms with van der Waals surface area (Å²) in [6.45, 7) is 1.97. The van der Waals surface area contributed by atoms with Crippen LogP contribution in [0.15, 0.2) is 22.7 Å². The summed E-state index contributed by atoms with van der Waals surface area (Å²) in [7, 11) is 0. The average Bonchev–Trinajstić information content (AvgIpc) is 2.15. The Kier molecular flexibility index (Phi) is 2.67. The Bertz CT molecular complexity index is 389. The van der Waals surface area contributed by atoms with Crippen molar-refractivity contribution in [2.24, 2.45) is 5.92 Å². The maximum Gasteiger partial charge on any atom is 0.136 e. The topological polar surface area (TPSA) is 17.1 Å². The highest BCUT2D eigenvalue weighted by Gasteiger charge is 2.37. The predicted octanol–water partition coefficient (Wildman–Crippen LogP) is 3.80. The van der Waals surface area contributed by atoms with Crippen molar-refractivity contribution in [3.8, 4) is 0 Å². The summed E-state index contributed by atoms with van der Waals surface area (Å²) < 4.78 is 0.976. The van der Waals surface area contributed by atoms with Gasteiger partial charge in [0.15, 0.2) is 0 Å². The molecule has 0 aliphatic heterocycles. The molecule has 0 saturated heterocycles. The van der Waals surface area contributed by atoms with Gasteiger partial charge in [-0.3, -0.25) is 4.79 Å². The van der Waals surface area contributed by atoms with E-state index in [4.69, 9.17) is 11.6 Å². The molecule has 0 radical (unpaired) electrons. The molecule has 1 aliphatic rings. The van der Waals surface area contributed by atoms with E-state index in [1.54, 1.807) is 0 Å². The molecule has 0 bridgehead atoms. The van der Waals surface area contributed by atoms with Gasteiger partial charge in [0.25, 0.3) is 0 Å². The molecule has 2 unspecified atom stereocenters. The van der Waals surface area contributed by atoms with Crippen molar-refractivity contribution in [3.63, 3.8) is 0 Å². The van der Waals surface area contributed by atoms with Crippen LogP contribution in [0.1, 0.15) is 24.8 Å². The Morgan fingerprint density at radius 2 is 2.21 bits per heavy atom. The molecule has 1 aliphatic carbocycles. The fraction of sp³-hybridized carbons (Fsp3) is 0.364. The number of Topliss-reactive ketones (excluding diaryl/α,β-unsaturated/α-hetero) is 1. The van der Waals surface area contributed by atoms with Crippen LogP contribution in [0.4, 0.5) is 0 Å². The first-order valence-electron chi connectivity index (χ1n) is 4.57. The van der Waals surface area contributed by atoms with Crippen molar-refractivity contribution in [2.45, 2.75) is 19.3 Å². The highest BCUT2D eigenvalue weighted by atomic mass is 79.9. The Labute approximate surface area is 96.6 Å². The molecule has 74 valence electrons. The van der Waals surface area contributed by atoms with Gasteiger partial charge < -0.3 is 0 Å². The first-order chi connectivity index (χ1) is 6.59. The van der Waals surface area contributed by atoms with Crippen molar-refractivity contribution in [2.75, 3.05) is 0 Å². The van der Waals surface area contributed by atoms with Crippen LogP contribution in [0.3, 0.4) is 0 Å². The smallest absolute Gasteiger partial charge is 0.136 e. The van der Waals surface area contributed by atoms with E-state index in [1.807, 2.05) is 25.1 Å². The SMILES string of the molecule is CC1C(=O)CC1c1ccc(Br)cc1Cl. The zero-order valence-electron chi connectivity index (χ0n) is 7.76. The van der Waals surface area contributed by atoms with Crippen LogP contribution in [0, 0.1) is 5.92 Å². The molecule has 1 aromatic carbocycles. The number of carbonyl (C=O) groups excluding carboxylic acids is 1. The summed E-state index contributed by atoms with van der Waals surface area (Å²) >= 11 is 9.47. The quantitative estimate of drug-likeness (QED) is 0.761. The molecule has 1 fully saturated rings. The molecule has 2 atom stereocenters. The molecule has 0 amide bonds. The number of benzene rings is 1. The molecule has 3 heteroatoms. The van der Waals surface area contributed by atoms with Gasteiger partial charge in [0, 0.05) is 27.8 Å². The summed E-state index contributed by atoms with van der Waals surface area (Å²) in [5.41, 5.74) is 1.10. The minimum atomic E-state index is 0.133. The minimum Gasteiger partial charge on any atom is -0.299 e. The van der Waals surface area contributed by atoms with Crippen molar-refractivity contribution < 1.29 is 4.79 Å². The second-order valence-corrected chi connectivity index (χ2v) is 5.05. The van der Waals surface area contributed by atoms with E-state index in [2.05, 4.69) is 15.9 Å². The maximum absolute atomic E-state index is 11.1. The normalized spacial score (nSPS) is 26.1. The largest absolute Gasteiger partial charge is 0.299 e. The maximum atomic E-state index is 11.1. The van der Waals surface area contributed by atoms with E-state index in [1.165, 1.54) is 0 Å². The van der Waals surface area contributed by atoms with E-state index >= 15 is 0 Å². The van der Waals surface area contributed by atoms with E-state index < -0.39 is 0 Å². The van der Waals surface area contributed by atoms with Gasteiger partial charge >= 0.3 is 0 Å². The van der Waals surface area contributed by atoms with Crippen LogP contribution in [-0.2, 0) is 4.79 Å². The van der Waals surface area contributed by atoms with Crippen LogP contribution in [0.25, 0.3) is 0 Å². The second kappa shape index (κ2) is 3.67. The van der Waals surface area contributed by atoms with Gasteiger partial charge in [0.1, 0.15) is 5.78 Å². The molecule has 2 rings (SSSR count). The van der Waals surface area contributed by atoms with Crippen molar-refractivity contribution in [1.29, 1.82) is 0 Å². The van der Waals surface area contributed by atoms with Gasteiger partial charge in [0.05, 0.1) is 0 Å². The summed E-state index contributed by atoms with van der Waals surface area (Å²) in [6.07, 6.45) is 0.641. The minimum absolute atomic E-state index is 0.133. The highest BCUT2D eigenvalue weighted by molar-refractivity contribution is 9.10. The summed E-state index contributed by atoms with van der Waals surface area (Å²) in [5.74, 6) is 0.797. The molecule has 0 N–H and O–H groups in total. The second-order valence-electron chi connectivity index (χ2n) is 3.73. The summed E-state index contributed by atoms with van der Waals surface area (Å²) in [4.78, 5) is 11.1. The van der Waals surface area contributed by atoms with E-state index in [0.29, 0.717) is 18.1 Å². The lowest BCUT2D eigenvalue weighted by molar-refractivity contribution is -0.130. The fourth-order valence-electron chi connectivity index (χ4n) is 1.82. The van der Waals surface area contributed by atoms with Crippen LogP contribution in [0.2, 0.25) is 5.02 Å². The number of rotatable bonds is 1. The van der Waals surface area contributed by atoms with E-state index in [9.17, 15) is 4.79 Å². The first-order valence-corrected chi connectivity index (χ1v) is 5.74. The summed E-state index contributed by atoms with van der Waals surface area (Å²) in [6, 6.07) is 5.85. The lowest BCUT2D eigenvalue weighted by Crippen LogP contribution is -2.32. The van der Waals surface area contributed by atoms with Gasteiger partial charge in [0.2, 0.25) is 0 Å². The molecular formula is C11H10BrClO. The van der Waals surface area contributed by atoms with Crippen molar-refractivity contribution in [3.05, 3.63) is 33.3 Å². The monoisotopic (exact) mass is 272 g/mol. The van der Waals surface area contributed by atoms with Gasteiger partial charge in [-0.25, -0.2) is 0 Å². The first kappa shape index (κ1) is 10.2. The molecule has 0 heterocycles. The van der Waals surface area contributed by atoms with E-state index in [0.717, 1.165) is 15.1 Å². The molecule has 1 saturated carbocycles. The molecule has 14 heavy (non-hydrogen) atoms. The van der Waals surface area contributed by atoms with Crippen LogP contribution >= 0.6 is 27.5 Å². The third-order valence-electron chi connectivity index (χ3n) is 2.89. The Balaban J connectivity index is 2.30. The molecular weight excluding hydrogens is 263 g/mol. The fourth-order valence-corrected chi connectivity index (χ4v) is 2.64. The Morgan fingerprint density at radius 3 is 2.71 bits per heavy atom. The Morgan fingerprint density at radius 1 is 1.50 bits per heavy atom. The molecule has 0 aromatic heterocycles. The zero-order valence-corrected chi connectivity index (χ0v) is 10.1.